The average molecular weight is 289 g/mol. The molecule has 6 heteroatoms. The molecule has 1 heterocycles. The van der Waals surface area contributed by atoms with Crippen LogP contribution < -0.4 is 10.6 Å². The number of halogens is 2. The lowest BCUT2D eigenvalue weighted by Crippen LogP contribution is -2.35. The summed E-state index contributed by atoms with van der Waals surface area (Å²) in [6.07, 6.45) is 2.17. The average Bonchev–Trinajstić information content (AvgIpc) is 2.77. The predicted molar refractivity (Wildman–Crippen MR) is 72.5 cm³/mol. The summed E-state index contributed by atoms with van der Waals surface area (Å²) in [4.78, 5) is 11.6. The molecule has 2 N–H and O–H groups in total. The summed E-state index contributed by atoms with van der Waals surface area (Å²) in [6.45, 7) is 1.29. The molecule has 0 saturated carbocycles. The highest BCUT2D eigenvalue weighted by atomic mass is 35.5. The monoisotopic (exact) mass is 288 g/mol. The zero-order chi connectivity index (χ0) is 13.0. The minimum atomic E-state index is -0.288. The molecule has 0 radical (unpaired) electrons. The fourth-order valence-electron chi connectivity index (χ4n) is 1.81. The molecule has 0 bridgehead atoms. The van der Waals surface area contributed by atoms with Crippen LogP contribution in [0.1, 0.15) is 12.8 Å². The molecule has 1 unspecified atom stereocenters. The third kappa shape index (κ3) is 4.05. The smallest absolute Gasteiger partial charge is 0.319 e. The Morgan fingerprint density at radius 1 is 1.33 bits per heavy atom. The Morgan fingerprint density at radius 2 is 2.06 bits per heavy atom. The molecule has 0 spiro atoms. The standard InChI is InChI=1S/C12H14Cl2N2O2/c13-8-4-9(14)6-10(5-8)16-12(17)15-7-11-2-1-3-18-11/h4-6,11H,1-3,7H2,(H2,15,16,17). The van der Waals surface area contributed by atoms with Gasteiger partial charge in [-0.1, -0.05) is 23.2 Å². The molecule has 1 atom stereocenters. The summed E-state index contributed by atoms with van der Waals surface area (Å²) >= 11 is 11.7. The van der Waals surface area contributed by atoms with Gasteiger partial charge in [-0.25, -0.2) is 4.79 Å². The van der Waals surface area contributed by atoms with Crippen molar-refractivity contribution < 1.29 is 9.53 Å². The SMILES string of the molecule is O=C(NCC1CCCO1)Nc1cc(Cl)cc(Cl)c1. The van der Waals surface area contributed by atoms with Crippen LogP contribution in [0.5, 0.6) is 0 Å². The van der Waals surface area contributed by atoms with Crippen LogP contribution in [0, 0.1) is 0 Å². The lowest BCUT2D eigenvalue weighted by molar-refractivity contribution is 0.112. The Kier molecular flexibility index (Phi) is 4.69. The molecule has 2 rings (SSSR count). The van der Waals surface area contributed by atoms with E-state index in [4.69, 9.17) is 27.9 Å². The largest absolute Gasteiger partial charge is 0.376 e. The van der Waals surface area contributed by atoms with Crippen molar-refractivity contribution >= 4 is 34.9 Å². The second kappa shape index (κ2) is 6.27. The maximum atomic E-state index is 11.6. The lowest BCUT2D eigenvalue weighted by atomic mass is 10.2. The van der Waals surface area contributed by atoms with Gasteiger partial charge in [0.2, 0.25) is 0 Å². The molecular weight excluding hydrogens is 275 g/mol. The number of urea groups is 1. The highest BCUT2D eigenvalue weighted by Crippen LogP contribution is 2.22. The molecule has 0 aromatic heterocycles. The van der Waals surface area contributed by atoms with Gasteiger partial charge in [-0.05, 0) is 31.0 Å². The van der Waals surface area contributed by atoms with Crippen molar-refractivity contribution in [3.05, 3.63) is 28.2 Å². The maximum absolute atomic E-state index is 11.6. The third-order valence-electron chi connectivity index (χ3n) is 2.63. The Labute approximate surface area is 116 Å². The fraction of sp³-hybridized carbons (Fsp3) is 0.417. The van der Waals surface area contributed by atoms with E-state index in [-0.39, 0.29) is 12.1 Å². The van der Waals surface area contributed by atoms with Gasteiger partial charge in [0.05, 0.1) is 6.10 Å². The minimum Gasteiger partial charge on any atom is -0.376 e. The van der Waals surface area contributed by atoms with Crippen LogP contribution in [0.2, 0.25) is 10.0 Å². The highest BCUT2D eigenvalue weighted by molar-refractivity contribution is 6.35. The van der Waals surface area contributed by atoms with Gasteiger partial charge in [-0.3, -0.25) is 0 Å². The van der Waals surface area contributed by atoms with Crippen molar-refractivity contribution in [2.24, 2.45) is 0 Å². The van der Waals surface area contributed by atoms with E-state index in [0.717, 1.165) is 19.4 Å². The van der Waals surface area contributed by atoms with Crippen molar-refractivity contribution in [1.29, 1.82) is 0 Å². The molecule has 0 aliphatic carbocycles. The van der Waals surface area contributed by atoms with Gasteiger partial charge in [-0.2, -0.15) is 0 Å². The van der Waals surface area contributed by atoms with E-state index >= 15 is 0 Å². The van der Waals surface area contributed by atoms with E-state index < -0.39 is 0 Å². The molecular formula is C12H14Cl2N2O2. The van der Waals surface area contributed by atoms with E-state index in [0.29, 0.717) is 22.3 Å². The first-order chi connectivity index (χ1) is 8.63. The Balaban J connectivity index is 1.82. The van der Waals surface area contributed by atoms with Gasteiger partial charge in [0.1, 0.15) is 0 Å². The van der Waals surface area contributed by atoms with Crippen molar-refractivity contribution in [2.45, 2.75) is 18.9 Å². The molecule has 18 heavy (non-hydrogen) atoms. The first kappa shape index (κ1) is 13.5. The van der Waals surface area contributed by atoms with Crippen molar-refractivity contribution in [2.75, 3.05) is 18.5 Å². The molecule has 1 aromatic carbocycles. The van der Waals surface area contributed by atoms with Crippen molar-refractivity contribution in [1.82, 2.24) is 5.32 Å². The second-order valence-corrected chi connectivity index (χ2v) is 5.00. The normalized spacial score (nSPS) is 18.7. The molecule has 98 valence electrons. The molecule has 1 fully saturated rings. The molecule has 4 nitrogen and oxygen atoms in total. The molecule has 1 aliphatic rings. The molecule has 1 aliphatic heterocycles. The van der Waals surface area contributed by atoms with Crippen molar-refractivity contribution in [3.8, 4) is 0 Å². The summed E-state index contributed by atoms with van der Waals surface area (Å²) in [5.74, 6) is 0. The van der Waals surface area contributed by atoms with Crippen LogP contribution >= 0.6 is 23.2 Å². The number of nitrogens with one attached hydrogen (secondary N) is 2. The Morgan fingerprint density at radius 3 is 2.67 bits per heavy atom. The number of hydrogen-bond acceptors (Lipinski definition) is 2. The predicted octanol–water partition coefficient (Wildman–Crippen LogP) is 3.29. The number of ether oxygens (including phenoxy) is 1. The third-order valence-corrected chi connectivity index (χ3v) is 3.07. The molecule has 2 amide bonds. The highest BCUT2D eigenvalue weighted by Gasteiger charge is 2.16. The number of amides is 2. The number of carbonyl (C=O) groups is 1. The molecule has 1 aromatic rings. The molecule has 1 saturated heterocycles. The number of benzene rings is 1. The van der Waals surface area contributed by atoms with E-state index in [1.807, 2.05) is 0 Å². The van der Waals surface area contributed by atoms with E-state index in [9.17, 15) is 4.79 Å². The van der Waals surface area contributed by atoms with Crippen LogP contribution in [0.25, 0.3) is 0 Å². The summed E-state index contributed by atoms with van der Waals surface area (Å²) in [7, 11) is 0. The van der Waals surface area contributed by atoms with Crippen LogP contribution in [0.3, 0.4) is 0 Å². The fourth-order valence-corrected chi connectivity index (χ4v) is 2.34. The number of hydrogen-bond donors (Lipinski definition) is 2. The van der Waals surface area contributed by atoms with E-state index in [2.05, 4.69) is 10.6 Å². The van der Waals surface area contributed by atoms with Gasteiger partial charge in [0.15, 0.2) is 0 Å². The lowest BCUT2D eigenvalue weighted by Gasteiger charge is -2.12. The number of anilines is 1. The Bertz CT molecular complexity index is 414. The van der Waals surface area contributed by atoms with E-state index in [1.54, 1.807) is 18.2 Å². The van der Waals surface area contributed by atoms with Crippen molar-refractivity contribution in [3.63, 3.8) is 0 Å². The van der Waals surface area contributed by atoms with Gasteiger partial charge in [-0.15, -0.1) is 0 Å². The van der Waals surface area contributed by atoms with Gasteiger partial charge in [0, 0.05) is 28.9 Å². The van der Waals surface area contributed by atoms with E-state index in [1.165, 1.54) is 0 Å². The number of rotatable bonds is 3. The zero-order valence-electron chi connectivity index (χ0n) is 9.71. The van der Waals surface area contributed by atoms with Gasteiger partial charge < -0.3 is 15.4 Å². The summed E-state index contributed by atoms with van der Waals surface area (Å²) in [5, 5.41) is 6.39. The summed E-state index contributed by atoms with van der Waals surface area (Å²) < 4.78 is 5.41. The first-order valence-corrected chi connectivity index (χ1v) is 6.51. The van der Waals surface area contributed by atoms with Crippen LogP contribution in [0.15, 0.2) is 18.2 Å². The minimum absolute atomic E-state index is 0.124. The van der Waals surface area contributed by atoms with Gasteiger partial charge >= 0.3 is 6.03 Å². The Hall–Kier alpha value is -0.970. The van der Waals surface area contributed by atoms with Gasteiger partial charge in [0.25, 0.3) is 0 Å². The number of carbonyl (C=O) groups excluding carboxylic acids is 1. The van der Waals surface area contributed by atoms with Crippen LogP contribution in [-0.4, -0.2) is 25.3 Å². The van der Waals surface area contributed by atoms with Crippen LogP contribution in [-0.2, 0) is 4.74 Å². The second-order valence-electron chi connectivity index (χ2n) is 4.13. The first-order valence-electron chi connectivity index (χ1n) is 5.76. The quantitative estimate of drug-likeness (QED) is 0.897. The maximum Gasteiger partial charge on any atom is 0.319 e. The van der Waals surface area contributed by atoms with Crippen LogP contribution in [0.4, 0.5) is 10.5 Å². The zero-order valence-corrected chi connectivity index (χ0v) is 11.2. The summed E-state index contributed by atoms with van der Waals surface area (Å²) in [5.41, 5.74) is 0.567. The summed E-state index contributed by atoms with van der Waals surface area (Å²) in [6, 6.07) is 4.60. The topological polar surface area (TPSA) is 50.4 Å².